The molecule has 0 aliphatic rings. The summed E-state index contributed by atoms with van der Waals surface area (Å²) in [6.45, 7) is 2.15. The number of carbonyl (C=O) groups excluding carboxylic acids is 1. The molecular weight excluding hydrogens is 210 g/mol. The SMILES string of the molecule is CCCc1ccc(CC(N)C(=O)OC)s1. The van der Waals surface area contributed by atoms with E-state index >= 15 is 0 Å². The van der Waals surface area contributed by atoms with Gasteiger partial charge >= 0.3 is 5.97 Å². The van der Waals surface area contributed by atoms with Crippen molar-refractivity contribution in [3.63, 3.8) is 0 Å². The third-order valence-electron chi connectivity index (χ3n) is 2.14. The lowest BCUT2D eigenvalue weighted by Crippen LogP contribution is -2.33. The van der Waals surface area contributed by atoms with Gasteiger partial charge in [0, 0.05) is 16.2 Å². The van der Waals surface area contributed by atoms with Crippen molar-refractivity contribution in [2.24, 2.45) is 5.73 Å². The van der Waals surface area contributed by atoms with Gasteiger partial charge in [-0.1, -0.05) is 13.3 Å². The Bertz CT molecular complexity index is 322. The molecule has 0 aliphatic heterocycles. The zero-order valence-electron chi connectivity index (χ0n) is 9.16. The summed E-state index contributed by atoms with van der Waals surface area (Å²) in [5, 5.41) is 0. The van der Waals surface area contributed by atoms with E-state index in [2.05, 4.69) is 17.7 Å². The molecule has 84 valence electrons. The van der Waals surface area contributed by atoms with E-state index < -0.39 is 6.04 Å². The Kier molecular flexibility index (Phi) is 4.78. The third kappa shape index (κ3) is 3.64. The first-order chi connectivity index (χ1) is 7.17. The first-order valence-electron chi connectivity index (χ1n) is 5.08. The molecule has 1 heterocycles. The van der Waals surface area contributed by atoms with Crippen LogP contribution in [0.25, 0.3) is 0 Å². The maximum Gasteiger partial charge on any atom is 0.323 e. The molecule has 0 saturated carbocycles. The predicted molar refractivity (Wildman–Crippen MR) is 62.0 cm³/mol. The second-order valence-electron chi connectivity index (χ2n) is 3.45. The van der Waals surface area contributed by atoms with E-state index in [1.165, 1.54) is 12.0 Å². The number of rotatable bonds is 5. The van der Waals surface area contributed by atoms with Crippen molar-refractivity contribution >= 4 is 17.3 Å². The van der Waals surface area contributed by atoms with Crippen LogP contribution in [0.15, 0.2) is 12.1 Å². The zero-order chi connectivity index (χ0) is 11.3. The lowest BCUT2D eigenvalue weighted by Gasteiger charge is -2.06. The molecule has 1 aromatic rings. The molecule has 1 unspecified atom stereocenters. The van der Waals surface area contributed by atoms with Crippen LogP contribution in [0.3, 0.4) is 0 Å². The standard InChI is InChI=1S/C11H17NO2S/c1-3-4-8-5-6-9(15-8)7-10(12)11(13)14-2/h5-6,10H,3-4,7,12H2,1-2H3. The minimum atomic E-state index is -0.539. The van der Waals surface area contributed by atoms with Crippen LogP contribution in [0.2, 0.25) is 0 Å². The molecule has 0 radical (unpaired) electrons. The van der Waals surface area contributed by atoms with E-state index in [9.17, 15) is 4.79 Å². The Balaban J connectivity index is 2.53. The summed E-state index contributed by atoms with van der Waals surface area (Å²) in [5.41, 5.74) is 5.68. The molecule has 0 saturated heterocycles. The predicted octanol–water partition coefficient (Wildman–Crippen LogP) is 1.74. The maximum atomic E-state index is 11.1. The van der Waals surface area contributed by atoms with Gasteiger partial charge in [0.25, 0.3) is 0 Å². The molecule has 0 fully saturated rings. The lowest BCUT2D eigenvalue weighted by atomic mass is 10.2. The molecule has 3 nitrogen and oxygen atoms in total. The van der Waals surface area contributed by atoms with Crippen molar-refractivity contribution in [3.8, 4) is 0 Å². The smallest absolute Gasteiger partial charge is 0.323 e. The normalized spacial score (nSPS) is 12.5. The fourth-order valence-electron chi connectivity index (χ4n) is 1.36. The molecular formula is C11H17NO2S. The number of hydrogen-bond acceptors (Lipinski definition) is 4. The van der Waals surface area contributed by atoms with Crippen molar-refractivity contribution in [2.75, 3.05) is 7.11 Å². The first kappa shape index (κ1) is 12.2. The fourth-order valence-corrected chi connectivity index (χ4v) is 2.54. The molecule has 0 amide bonds. The molecule has 0 aliphatic carbocycles. The molecule has 2 N–H and O–H groups in total. The number of methoxy groups -OCH3 is 1. The Hall–Kier alpha value is -0.870. The third-order valence-corrected chi connectivity index (χ3v) is 3.31. The van der Waals surface area contributed by atoms with Gasteiger partial charge in [-0.05, 0) is 18.6 Å². The summed E-state index contributed by atoms with van der Waals surface area (Å²) in [5.74, 6) is -0.347. The van der Waals surface area contributed by atoms with E-state index in [1.54, 1.807) is 11.3 Å². The van der Waals surface area contributed by atoms with Gasteiger partial charge in [-0.2, -0.15) is 0 Å². The van der Waals surface area contributed by atoms with E-state index in [1.807, 2.05) is 6.07 Å². The van der Waals surface area contributed by atoms with Crippen LogP contribution >= 0.6 is 11.3 Å². The highest BCUT2D eigenvalue weighted by atomic mass is 32.1. The molecule has 15 heavy (non-hydrogen) atoms. The summed E-state index contributed by atoms with van der Waals surface area (Å²) >= 11 is 1.73. The fraction of sp³-hybridized carbons (Fsp3) is 0.545. The van der Waals surface area contributed by atoms with Gasteiger partial charge in [-0.15, -0.1) is 11.3 Å². The molecule has 1 aromatic heterocycles. The quantitative estimate of drug-likeness (QED) is 0.780. The van der Waals surface area contributed by atoms with Crippen LogP contribution in [0.4, 0.5) is 0 Å². The number of aryl methyl sites for hydroxylation is 1. The summed E-state index contributed by atoms with van der Waals surface area (Å²) < 4.78 is 4.58. The summed E-state index contributed by atoms with van der Waals surface area (Å²) in [6.07, 6.45) is 2.81. The van der Waals surface area contributed by atoms with Crippen LogP contribution < -0.4 is 5.73 Å². The minimum absolute atomic E-state index is 0.347. The van der Waals surface area contributed by atoms with Gasteiger partial charge in [0.15, 0.2) is 0 Å². The van der Waals surface area contributed by atoms with Crippen LogP contribution in [-0.4, -0.2) is 19.1 Å². The van der Waals surface area contributed by atoms with Crippen LogP contribution in [0, 0.1) is 0 Å². The largest absolute Gasteiger partial charge is 0.468 e. The van der Waals surface area contributed by atoms with Gasteiger partial charge in [-0.3, -0.25) is 4.79 Å². The minimum Gasteiger partial charge on any atom is -0.468 e. The average Bonchev–Trinajstić information content (AvgIpc) is 2.65. The van der Waals surface area contributed by atoms with Crippen LogP contribution in [-0.2, 0) is 22.4 Å². The molecule has 4 heteroatoms. The molecule has 1 rings (SSSR count). The monoisotopic (exact) mass is 227 g/mol. The average molecular weight is 227 g/mol. The van der Waals surface area contributed by atoms with E-state index in [0.29, 0.717) is 6.42 Å². The van der Waals surface area contributed by atoms with Crippen LogP contribution in [0.1, 0.15) is 23.1 Å². The summed E-state index contributed by atoms with van der Waals surface area (Å²) in [4.78, 5) is 13.6. The first-order valence-corrected chi connectivity index (χ1v) is 5.90. The molecule has 1 atom stereocenters. The number of esters is 1. The van der Waals surface area contributed by atoms with Gasteiger partial charge in [0.2, 0.25) is 0 Å². The Morgan fingerprint density at radius 3 is 2.80 bits per heavy atom. The molecule has 0 spiro atoms. The highest BCUT2D eigenvalue weighted by Crippen LogP contribution is 2.19. The number of nitrogens with two attached hydrogens (primary N) is 1. The highest BCUT2D eigenvalue weighted by Gasteiger charge is 2.15. The van der Waals surface area contributed by atoms with Crippen LogP contribution in [0.5, 0.6) is 0 Å². The zero-order valence-corrected chi connectivity index (χ0v) is 9.97. The van der Waals surface area contributed by atoms with Gasteiger partial charge in [-0.25, -0.2) is 0 Å². The molecule has 0 aromatic carbocycles. The van der Waals surface area contributed by atoms with Gasteiger partial charge in [0.05, 0.1) is 7.11 Å². The summed E-state index contributed by atoms with van der Waals surface area (Å²) in [7, 11) is 1.36. The number of carbonyl (C=O) groups is 1. The number of hydrogen-bond donors (Lipinski definition) is 1. The second-order valence-corrected chi connectivity index (χ2v) is 4.70. The van der Waals surface area contributed by atoms with E-state index in [-0.39, 0.29) is 5.97 Å². The van der Waals surface area contributed by atoms with Crippen molar-refractivity contribution < 1.29 is 9.53 Å². The number of thiophene rings is 1. The van der Waals surface area contributed by atoms with E-state index in [4.69, 9.17) is 5.73 Å². The highest BCUT2D eigenvalue weighted by molar-refractivity contribution is 7.12. The Labute approximate surface area is 94.2 Å². The second kappa shape index (κ2) is 5.88. The summed E-state index contributed by atoms with van der Waals surface area (Å²) in [6, 6.07) is 3.61. The maximum absolute atomic E-state index is 11.1. The van der Waals surface area contributed by atoms with Gasteiger partial charge < -0.3 is 10.5 Å². The van der Waals surface area contributed by atoms with Crippen molar-refractivity contribution in [2.45, 2.75) is 32.2 Å². The Morgan fingerprint density at radius 2 is 2.20 bits per heavy atom. The van der Waals surface area contributed by atoms with Crippen molar-refractivity contribution in [1.82, 2.24) is 0 Å². The molecule has 0 bridgehead atoms. The van der Waals surface area contributed by atoms with Crippen molar-refractivity contribution in [3.05, 3.63) is 21.9 Å². The number of ether oxygens (including phenoxy) is 1. The van der Waals surface area contributed by atoms with E-state index in [0.717, 1.165) is 17.7 Å². The topological polar surface area (TPSA) is 52.3 Å². The van der Waals surface area contributed by atoms with Gasteiger partial charge in [0.1, 0.15) is 6.04 Å². The lowest BCUT2D eigenvalue weighted by molar-refractivity contribution is -0.142. The Morgan fingerprint density at radius 1 is 1.53 bits per heavy atom. The van der Waals surface area contributed by atoms with Crippen molar-refractivity contribution in [1.29, 1.82) is 0 Å².